The highest BCUT2D eigenvalue weighted by molar-refractivity contribution is 6.30. The largest absolute Gasteiger partial charge is 0.465 e. The summed E-state index contributed by atoms with van der Waals surface area (Å²) in [7, 11) is 0. The van der Waals surface area contributed by atoms with Crippen LogP contribution in [-0.2, 0) is 10.3 Å². The molecule has 0 spiro atoms. The molecule has 0 aliphatic carbocycles. The van der Waals surface area contributed by atoms with Crippen molar-refractivity contribution in [3.63, 3.8) is 0 Å². The van der Waals surface area contributed by atoms with Gasteiger partial charge in [-0.25, -0.2) is 4.99 Å². The lowest BCUT2D eigenvalue weighted by atomic mass is 9.94. The minimum atomic E-state index is -0.630. The van der Waals surface area contributed by atoms with Gasteiger partial charge in [-0.1, -0.05) is 29.8 Å². The molecule has 0 amide bonds. The van der Waals surface area contributed by atoms with Crippen LogP contribution in [0.2, 0.25) is 5.02 Å². The van der Waals surface area contributed by atoms with Crippen molar-refractivity contribution in [3.05, 3.63) is 64.7 Å². The maximum Gasteiger partial charge on any atom is 0.222 e. The fourth-order valence-electron chi connectivity index (χ4n) is 2.23. The first-order valence-electron chi connectivity index (χ1n) is 6.31. The monoisotopic (exact) mass is 305 g/mol. The van der Waals surface area contributed by atoms with Gasteiger partial charge in [0.25, 0.3) is 0 Å². The van der Waals surface area contributed by atoms with E-state index >= 15 is 0 Å². The molecule has 102 valence electrons. The van der Waals surface area contributed by atoms with Crippen molar-refractivity contribution in [2.45, 2.75) is 12.5 Å². The number of hydrogen-bond donors (Lipinski definition) is 0. The molecule has 0 aromatic heterocycles. The van der Waals surface area contributed by atoms with Gasteiger partial charge in [0.1, 0.15) is 5.60 Å². The fraction of sp³-hybridized carbons (Fsp3) is 0.188. The van der Waals surface area contributed by atoms with Crippen LogP contribution in [0.5, 0.6) is 0 Å². The van der Waals surface area contributed by atoms with Gasteiger partial charge in [-0.05, 0) is 37.3 Å². The van der Waals surface area contributed by atoms with Gasteiger partial charge in [0.15, 0.2) is 0 Å². The van der Waals surface area contributed by atoms with Gasteiger partial charge >= 0.3 is 0 Å². The lowest BCUT2D eigenvalue weighted by Gasteiger charge is -2.34. The van der Waals surface area contributed by atoms with Crippen molar-refractivity contribution in [2.24, 2.45) is 4.99 Å². The van der Waals surface area contributed by atoms with E-state index in [-0.39, 0.29) is 0 Å². The second-order valence-electron chi connectivity index (χ2n) is 4.91. The van der Waals surface area contributed by atoms with Gasteiger partial charge in [-0.3, -0.25) is 0 Å². The Hall–Kier alpha value is -1.51. The molecule has 0 radical (unpaired) electrons. The number of ether oxygens (including phenoxy) is 1. The summed E-state index contributed by atoms with van der Waals surface area (Å²) >= 11 is 12.2. The smallest absolute Gasteiger partial charge is 0.222 e. The first kappa shape index (κ1) is 13.5. The first-order valence-corrected chi connectivity index (χ1v) is 7.23. The molecule has 0 saturated heterocycles. The SMILES string of the molecule is CC1(CCl)OC(c2ccccc2)=Nc2ccc(Cl)cc21. The molecule has 0 saturated carbocycles. The van der Waals surface area contributed by atoms with E-state index < -0.39 is 5.60 Å². The van der Waals surface area contributed by atoms with E-state index in [4.69, 9.17) is 27.9 Å². The number of fused-ring (bicyclic) bond motifs is 1. The minimum absolute atomic E-state index is 0.326. The minimum Gasteiger partial charge on any atom is -0.465 e. The Morgan fingerprint density at radius 2 is 1.90 bits per heavy atom. The quantitative estimate of drug-likeness (QED) is 0.723. The van der Waals surface area contributed by atoms with Gasteiger partial charge in [-0.15, -0.1) is 11.6 Å². The van der Waals surface area contributed by atoms with Crippen molar-refractivity contribution < 1.29 is 4.74 Å². The van der Waals surface area contributed by atoms with Crippen LogP contribution in [0.25, 0.3) is 0 Å². The molecule has 3 rings (SSSR count). The molecule has 2 aromatic carbocycles. The van der Waals surface area contributed by atoms with E-state index in [1.54, 1.807) is 0 Å². The number of aliphatic imine (C=N–C) groups is 1. The van der Waals surface area contributed by atoms with Gasteiger partial charge in [0.05, 0.1) is 11.6 Å². The number of rotatable bonds is 2. The summed E-state index contributed by atoms with van der Waals surface area (Å²) in [6.07, 6.45) is 0. The number of hydrogen-bond acceptors (Lipinski definition) is 2. The Kier molecular flexibility index (Phi) is 3.45. The van der Waals surface area contributed by atoms with Gasteiger partial charge in [0.2, 0.25) is 5.90 Å². The maximum atomic E-state index is 6.13. The highest BCUT2D eigenvalue weighted by atomic mass is 35.5. The molecule has 0 bridgehead atoms. The molecule has 20 heavy (non-hydrogen) atoms. The molecule has 1 atom stereocenters. The van der Waals surface area contributed by atoms with Crippen LogP contribution in [0.3, 0.4) is 0 Å². The lowest BCUT2D eigenvalue weighted by molar-refractivity contribution is 0.0951. The van der Waals surface area contributed by atoms with E-state index in [0.29, 0.717) is 16.8 Å². The highest BCUT2D eigenvalue weighted by Crippen LogP contribution is 2.40. The highest BCUT2D eigenvalue weighted by Gasteiger charge is 2.35. The number of alkyl halides is 1. The van der Waals surface area contributed by atoms with Gasteiger partial charge in [-0.2, -0.15) is 0 Å². The van der Waals surface area contributed by atoms with Crippen LogP contribution in [0.15, 0.2) is 53.5 Å². The van der Waals surface area contributed by atoms with Crippen LogP contribution in [-0.4, -0.2) is 11.8 Å². The third-order valence-corrected chi connectivity index (χ3v) is 4.09. The molecule has 4 heteroatoms. The second-order valence-corrected chi connectivity index (χ2v) is 5.61. The van der Waals surface area contributed by atoms with Crippen molar-refractivity contribution in [2.75, 3.05) is 5.88 Å². The molecule has 1 unspecified atom stereocenters. The van der Waals surface area contributed by atoms with Crippen LogP contribution < -0.4 is 0 Å². The zero-order chi connectivity index (χ0) is 14.2. The second kappa shape index (κ2) is 5.12. The summed E-state index contributed by atoms with van der Waals surface area (Å²) in [5, 5.41) is 0.655. The van der Waals surface area contributed by atoms with E-state index in [0.717, 1.165) is 16.8 Å². The molecular formula is C16H13Cl2NO. The summed E-state index contributed by atoms with van der Waals surface area (Å²) in [5.41, 5.74) is 2.07. The lowest BCUT2D eigenvalue weighted by Crippen LogP contribution is -2.34. The molecule has 0 fully saturated rings. The summed E-state index contributed by atoms with van der Waals surface area (Å²) in [4.78, 5) is 4.58. The Bertz CT molecular complexity index is 669. The summed E-state index contributed by atoms with van der Waals surface area (Å²) in [5.74, 6) is 0.912. The Balaban J connectivity index is 2.15. The average Bonchev–Trinajstić information content (AvgIpc) is 2.49. The Morgan fingerprint density at radius 3 is 2.60 bits per heavy atom. The van der Waals surface area contributed by atoms with Crippen LogP contribution >= 0.6 is 23.2 Å². The van der Waals surface area contributed by atoms with Crippen LogP contribution in [0.4, 0.5) is 5.69 Å². The molecule has 0 N–H and O–H groups in total. The van der Waals surface area contributed by atoms with Crippen LogP contribution in [0.1, 0.15) is 18.1 Å². The van der Waals surface area contributed by atoms with E-state index in [9.17, 15) is 0 Å². The maximum absolute atomic E-state index is 6.13. The Labute approximate surface area is 128 Å². The number of benzene rings is 2. The standard InChI is InChI=1S/C16H13Cl2NO/c1-16(10-17)13-9-12(18)7-8-14(13)19-15(20-16)11-5-3-2-4-6-11/h2-9H,10H2,1H3. The predicted molar refractivity (Wildman–Crippen MR) is 83.2 cm³/mol. The number of halogens is 2. The normalized spacial score (nSPS) is 20.9. The summed E-state index contributed by atoms with van der Waals surface area (Å²) in [6, 6.07) is 15.4. The molecule has 2 aromatic rings. The predicted octanol–water partition coefficient (Wildman–Crippen LogP) is 4.90. The van der Waals surface area contributed by atoms with Crippen molar-refractivity contribution in [1.82, 2.24) is 0 Å². The topological polar surface area (TPSA) is 21.6 Å². The number of nitrogens with zero attached hydrogens (tertiary/aromatic N) is 1. The van der Waals surface area contributed by atoms with Gasteiger partial charge in [0, 0.05) is 16.1 Å². The zero-order valence-corrected chi connectivity index (χ0v) is 12.4. The fourth-order valence-corrected chi connectivity index (χ4v) is 2.60. The van der Waals surface area contributed by atoms with Crippen molar-refractivity contribution >= 4 is 34.8 Å². The van der Waals surface area contributed by atoms with Crippen molar-refractivity contribution in [3.8, 4) is 0 Å². The molecule has 1 heterocycles. The summed E-state index contributed by atoms with van der Waals surface area (Å²) in [6.45, 7) is 1.95. The third-order valence-electron chi connectivity index (χ3n) is 3.35. The first-order chi connectivity index (χ1) is 9.62. The molecule has 1 aliphatic rings. The summed E-state index contributed by atoms with van der Waals surface area (Å²) < 4.78 is 6.05. The van der Waals surface area contributed by atoms with Crippen molar-refractivity contribution in [1.29, 1.82) is 0 Å². The third kappa shape index (κ3) is 2.30. The Morgan fingerprint density at radius 1 is 1.15 bits per heavy atom. The molecule has 2 nitrogen and oxygen atoms in total. The van der Waals surface area contributed by atoms with Gasteiger partial charge < -0.3 is 4.74 Å². The molecule has 1 aliphatic heterocycles. The average molecular weight is 306 g/mol. The van der Waals surface area contributed by atoms with E-state index in [1.165, 1.54) is 0 Å². The van der Waals surface area contributed by atoms with E-state index in [1.807, 2.05) is 55.5 Å². The molecular weight excluding hydrogens is 293 g/mol. The van der Waals surface area contributed by atoms with Crippen LogP contribution in [0, 0.1) is 0 Å². The zero-order valence-electron chi connectivity index (χ0n) is 10.9. The van der Waals surface area contributed by atoms with E-state index in [2.05, 4.69) is 4.99 Å².